The van der Waals surface area contributed by atoms with E-state index >= 15 is 0 Å². The van der Waals surface area contributed by atoms with Crippen molar-refractivity contribution in [2.24, 2.45) is 0 Å². The fraction of sp³-hybridized carbons (Fsp3) is 0.462. The standard InChI is InChI=1S/C13H19ClN4O2S/c1-3-17(9-11-4-5-12(14)16-8-11)7-6-15-13(21-2)10-18(19)20/h4-5,8,10,15H,3,6-7,9H2,1-2H3/b13-10-. The van der Waals surface area contributed by atoms with Crippen molar-refractivity contribution in [3.05, 3.63) is 50.4 Å². The van der Waals surface area contributed by atoms with Gasteiger partial charge in [0.1, 0.15) is 10.2 Å². The van der Waals surface area contributed by atoms with E-state index in [1.807, 2.05) is 6.07 Å². The summed E-state index contributed by atoms with van der Waals surface area (Å²) in [4.78, 5) is 16.3. The van der Waals surface area contributed by atoms with Crippen LogP contribution < -0.4 is 5.32 Å². The Hall–Kier alpha value is -1.31. The van der Waals surface area contributed by atoms with Crippen molar-refractivity contribution in [2.45, 2.75) is 13.5 Å². The molecule has 1 N–H and O–H groups in total. The molecule has 0 spiro atoms. The predicted octanol–water partition coefficient (Wildman–Crippen LogP) is 2.59. The molecule has 0 fully saturated rings. The Labute approximate surface area is 133 Å². The number of pyridine rings is 1. The lowest BCUT2D eigenvalue weighted by Crippen LogP contribution is -2.31. The smallest absolute Gasteiger partial charge is 0.263 e. The summed E-state index contributed by atoms with van der Waals surface area (Å²) in [6, 6.07) is 3.72. The monoisotopic (exact) mass is 330 g/mol. The van der Waals surface area contributed by atoms with Crippen LogP contribution in [0.4, 0.5) is 0 Å². The largest absolute Gasteiger partial charge is 0.374 e. The summed E-state index contributed by atoms with van der Waals surface area (Å²) < 4.78 is 0. The molecule has 0 bridgehead atoms. The van der Waals surface area contributed by atoms with Gasteiger partial charge in [0, 0.05) is 25.8 Å². The molecule has 6 nitrogen and oxygen atoms in total. The van der Waals surface area contributed by atoms with E-state index in [1.165, 1.54) is 11.8 Å². The van der Waals surface area contributed by atoms with Gasteiger partial charge >= 0.3 is 0 Å². The van der Waals surface area contributed by atoms with Gasteiger partial charge in [0.05, 0.1) is 4.92 Å². The molecular weight excluding hydrogens is 312 g/mol. The molecule has 116 valence electrons. The maximum Gasteiger partial charge on any atom is 0.263 e. The molecule has 8 heteroatoms. The average Bonchev–Trinajstić information content (AvgIpc) is 2.46. The second-order valence-corrected chi connectivity index (χ2v) is 5.50. The number of nitrogens with one attached hydrogen (secondary N) is 1. The first-order valence-electron chi connectivity index (χ1n) is 6.51. The molecular formula is C13H19ClN4O2S. The number of nitro groups is 1. The Morgan fingerprint density at radius 3 is 2.90 bits per heavy atom. The number of nitrogens with zero attached hydrogens (tertiary/aromatic N) is 3. The highest BCUT2D eigenvalue weighted by Crippen LogP contribution is 2.09. The van der Waals surface area contributed by atoms with Gasteiger partial charge < -0.3 is 5.32 Å². The highest BCUT2D eigenvalue weighted by Gasteiger charge is 2.06. The normalized spacial score (nSPS) is 11.7. The maximum absolute atomic E-state index is 10.4. The lowest BCUT2D eigenvalue weighted by atomic mass is 10.2. The van der Waals surface area contributed by atoms with Crippen LogP contribution in [0.25, 0.3) is 0 Å². The van der Waals surface area contributed by atoms with E-state index in [4.69, 9.17) is 11.6 Å². The number of thioether (sulfide) groups is 1. The first-order chi connectivity index (χ1) is 10.0. The Bertz CT molecular complexity index is 482. The minimum absolute atomic E-state index is 0.449. The summed E-state index contributed by atoms with van der Waals surface area (Å²) in [7, 11) is 0. The highest BCUT2D eigenvalue weighted by atomic mass is 35.5. The van der Waals surface area contributed by atoms with Crippen molar-refractivity contribution in [2.75, 3.05) is 25.9 Å². The molecule has 1 rings (SSSR count). The van der Waals surface area contributed by atoms with E-state index in [0.717, 1.165) is 31.4 Å². The Balaban J connectivity index is 2.44. The minimum atomic E-state index is -0.449. The van der Waals surface area contributed by atoms with Crippen LogP contribution >= 0.6 is 23.4 Å². The van der Waals surface area contributed by atoms with Crippen molar-refractivity contribution < 1.29 is 4.92 Å². The van der Waals surface area contributed by atoms with E-state index in [9.17, 15) is 10.1 Å². The van der Waals surface area contributed by atoms with E-state index in [-0.39, 0.29) is 0 Å². The minimum Gasteiger partial charge on any atom is -0.374 e. The molecule has 0 atom stereocenters. The molecule has 0 aliphatic carbocycles. The van der Waals surface area contributed by atoms with Gasteiger partial charge in [-0.15, -0.1) is 11.8 Å². The van der Waals surface area contributed by atoms with Crippen LogP contribution in [-0.4, -0.2) is 40.7 Å². The fourth-order valence-electron chi connectivity index (χ4n) is 1.71. The quantitative estimate of drug-likeness (QED) is 0.426. The average molecular weight is 331 g/mol. The molecule has 21 heavy (non-hydrogen) atoms. The van der Waals surface area contributed by atoms with Crippen molar-refractivity contribution in [1.29, 1.82) is 0 Å². The molecule has 0 aliphatic heterocycles. The topological polar surface area (TPSA) is 71.3 Å². The summed E-state index contributed by atoms with van der Waals surface area (Å²) in [5.41, 5.74) is 1.09. The Morgan fingerprint density at radius 2 is 2.38 bits per heavy atom. The van der Waals surface area contributed by atoms with Gasteiger partial charge in [0.15, 0.2) is 0 Å². The number of aromatic nitrogens is 1. The first kappa shape index (κ1) is 17.7. The molecule has 0 saturated carbocycles. The van der Waals surface area contributed by atoms with Crippen molar-refractivity contribution in [3.8, 4) is 0 Å². The SMILES string of the molecule is CCN(CCN/C(=C/[N+](=O)[O-])SC)Cc1ccc(Cl)nc1. The number of hydrogen-bond acceptors (Lipinski definition) is 6. The van der Waals surface area contributed by atoms with Crippen molar-refractivity contribution >= 4 is 23.4 Å². The third-order valence-corrected chi connectivity index (χ3v) is 3.73. The Kier molecular flexibility index (Phi) is 8.11. The fourth-order valence-corrected chi connectivity index (χ4v) is 2.26. The molecule has 0 radical (unpaired) electrons. The van der Waals surface area contributed by atoms with E-state index < -0.39 is 4.92 Å². The zero-order valence-corrected chi connectivity index (χ0v) is 13.7. The first-order valence-corrected chi connectivity index (χ1v) is 8.11. The molecule has 1 aromatic rings. The second kappa shape index (κ2) is 9.59. The van der Waals surface area contributed by atoms with Crippen LogP contribution in [0, 0.1) is 10.1 Å². The predicted molar refractivity (Wildman–Crippen MR) is 86.8 cm³/mol. The summed E-state index contributed by atoms with van der Waals surface area (Å²) in [6.45, 7) is 5.17. The highest BCUT2D eigenvalue weighted by molar-refractivity contribution is 8.02. The number of likely N-dealkylation sites (N-methyl/N-ethyl adjacent to an activating group) is 1. The van der Waals surface area contributed by atoms with E-state index in [1.54, 1.807) is 18.5 Å². The van der Waals surface area contributed by atoms with Gasteiger partial charge in [-0.25, -0.2) is 4.98 Å². The third kappa shape index (κ3) is 7.31. The maximum atomic E-state index is 10.4. The van der Waals surface area contributed by atoms with Crippen LogP contribution in [0.1, 0.15) is 12.5 Å². The van der Waals surface area contributed by atoms with E-state index in [2.05, 4.69) is 22.1 Å². The van der Waals surface area contributed by atoms with Gasteiger partial charge in [-0.2, -0.15) is 0 Å². The summed E-state index contributed by atoms with van der Waals surface area (Å²) in [5.74, 6) is 0. The van der Waals surface area contributed by atoms with Crippen LogP contribution in [0.5, 0.6) is 0 Å². The Morgan fingerprint density at radius 1 is 1.62 bits per heavy atom. The van der Waals surface area contributed by atoms with E-state index in [0.29, 0.717) is 16.7 Å². The van der Waals surface area contributed by atoms with Gasteiger partial charge in [0.2, 0.25) is 0 Å². The molecule has 0 aliphatic rings. The zero-order chi connectivity index (χ0) is 15.7. The molecule has 0 unspecified atom stereocenters. The molecule has 0 saturated heterocycles. The van der Waals surface area contributed by atoms with Crippen molar-refractivity contribution in [1.82, 2.24) is 15.2 Å². The van der Waals surface area contributed by atoms with Crippen molar-refractivity contribution in [3.63, 3.8) is 0 Å². The molecule has 0 amide bonds. The van der Waals surface area contributed by atoms with Crippen LogP contribution in [0.3, 0.4) is 0 Å². The number of halogens is 1. The summed E-state index contributed by atoms with van der Waals surface area (Å²) >= 11 is 7.09. The van der Waals surface area contributed by atoms with Gasteiger partial charge in [-0.1, -0.05) is 24.6 Å². The summed E-state index contributed by atoms with van der Waals surface area (Å²) in [6.07, 6.45) is 4.56. The van der Waals surface area contributed by atoms with Gasteiger partial charge in [-0.05, 0) is 24.4 Å². The van der Waals surface area contributed by atoms with Crippen LogP contribution in [0.2, 0.25) is 5.15 Å². The molecule has 1 aromatic heterocycles. The lowest BCUT2D eigenvalue weighted by molar-refractivity contribution is -0.403. The van der Waals surface area contributed by atoms with Crippen LogP contribution in [-0.2, 0) is 6.54 Å². The van der Waals surface area contributed by atoms with Crippen LogP contribution in [0.15, 0.2) is 29.6 Å². The summed E-state index contributed by atoms with van der Waals surface area (Å²) in [5, 5.41) is 14.5. The van der Waals surface area contributed by atoms with Gasteiger partial charge in [-0.3, -0.25) is 15.0 Å². The molecule has 1 heterocycles. The number of hydrogen-bond donors (Lipinski definition) is 1. The molecule has 0 aromatic carbocycles. The number of rotatable bonds is 9. The lowest BCUT2D eigenvalue weighted by Gasteiger charge is -2.20. The zero-order valence-electron chi connectivity index (χ0n) is 12.1. The third-order valence-electron chi connectivity index (χ3n) is 2.81. The second-order valence-electron chi connectivity index (χ2n) is 4.27. The van der Waals surface area contributed by atoms with Gasteiger partial charge in [0.25, 0.3) is 6.20 Å².